The fraction of sp³-hybridized carbons (Fsp3) is 0.0500. The van der Waals surface area contributed by atoms with E-state index in [1.807, 2.05) is 0 Å². The first kappa shape index (κ1) is 23.3. The zero-order chi connectivity index (χ0) is 22.6. The van der Waals surface area contributed by atoms with Crippen LogP contribution in [0.2, 0.25) is 5.02 Å². The van der Waals surface area contributed by atoms with Crippen molar-refractivity contribution in [3.8, 4) is 0 Å². The molecule has 0 atom stereocenters. The number of aryl methyl sites for hydroxylation is 1. The lowest BCUT2D eigenvalue weighted by Gasteiger charge is -2.12. The second kappa shape index (κ2) is 9.41. The first-order chi connectivity index (χ1) is 14.6. The molecule has 0 aliphatic carbocycles. The molecule has 0 fully saturated rings. The maximum Gasteiger partial charge on any atom is 0.276 e. The molecular formula is C20H18ClN3O4S3. The van der Waals surface area contributed by atoms with E-state index in [-0.39, 0.29) is 19.7 Å². The van der Waals surface area contributed by atoms with Gasteiger partial charge in [-0.2, -0.15) is 18.4 Å². The number of nitrogens with zero attached hydrogens (tertiary/aromatic N) is 1. The van der Waals surface area contributed by atoms with Gasteiger partial charge in [0.1, 0.15) is 5.04 Å². The highest BCUT2D eigenvalue weighted by Gasteiger charge is 2.20. The second-order valence-corrected chi connectivity index (χ2v) is 11.0. The number of thioether (sulfide) groups is 1. The fourth-order valence-corrected chi connectivity index (χ4v) is 5.69. The zero-order valence-corrected chi connectivity index (χ0v) is 19.4. The predicted octanol–water partition coefficient (Wildman–Crippen LogP) is 3.73. The minimum atomic E-state index is -4.06. The van der Waals surface area contributed by atoms with Crippen LogP contribution in [0.5, 0.6) is 0 Å². The normalized spacial score (nSPS) is 12.5. The summed E-state index contributed by atoms with van der Waals surface area (Å²) >= 11 is 7.13. The van der Waals surface area contributed by atoms with Crippen molar-refractivity contribution in [2.24, 2.45) is 10.2 Å². The molecule has 162 valence electrons. The van der Waals surface area contributed by atoms with Gasteiger partial charge in [0, 0.05) is 15.5 Å². The van der Waals surface area contributed by atoms with Gasteiger partial charge in [0.2, 0.25) is 10.0 Å². The molecule has 0 aromatic heterocycles. The average Bonchev–Trinajstić information content (AvgIpc) is 2.74. The van der Waals surface area contributed by atoms with Gasteiger partial charge in [0.15, 0.2) is 0 Å². The van der Waals surface area contributed by atoms with Crippen LogP contribution in [0, 0.1) is 6.92 Å². The monoisotopic (exact) mass is 495 g/mol. The lowest BCUT2D eigenvalue weighted by atomic mass is 10.2. The van der Waals surface area contributed by atoms with Crippen molar-refractivity contribution in [1.82, 2.24) is 4.83 Å². The predicted molar refractivity (Wildman–Crippen MR) is 123 cm³/mol. The van der Waals surface area contributed by atoms with Gasteiger partial charge in [0.05, 0.1) is 9.79 Å². The van der Waals surface area contributed by atoms with Crippen molar-refractivity contribution in [2.45, 2.75) is 21.6 Å². The van der Waals surface area contributed by atoms with Crippen LogP contribution >= 0.6 is 23.4 Å². The summed E-state index contributed by atoms with van der Waals surface area (Å²) in [4.78, 5) is 2.34. The van der Waals surface area contributed by atoms with E-state index in [4.69, 9.17) is 16.7 Å². The van der Waals surface area contributed by atoms with Crippen LogP contribution in [0.4, 0.5) is 0 Å². The number of primary sulfonamides is 1. The molecule has 0 aliphatic heterocycles. The molecule has 0 spiro atoms. The average molecular weight is 496 g/mol. The van der Waals surface area contributed by atoms with Crippen LogP contribution in [0.3, 0.4) is 0 Å². The van der Waals surface area contributed by atoms with Gasteiger partial charge in [0.25, 0.3) is 10.0 Å². The molecular weight excluding hydrogens is 478 g/mol. The number of hydrogen-bond donors (Lipinski definition) is 2. The van der Waals surface area contributed by atoms with Gasteiger partial charge < -0.3 is 0 Å². The number of sulfonamides is 2. The second-order valence-electron chi connectivity index (χ2n) is 6.39. The molecule has 3 N–H and O–H groups in total. The topological polar surface area (TPSA) is 119 Å². The maximum absolute atomic E-state index is 12.6. The Morgan fingerprint density at radius 2 is 1.55 bits per heavy atom. The number of nitrogens with two attached hydrogens (primary N) is 1. The Morgan fingerprint density at radius 1 is 0.968 bits per heavy atom. The van der Waals surface area contributed by atoms with Crippen LogP contribution in [0.25, 0.3) is 0 Å². The number of hydrogen-bond acceptors (Lipinski definition) is 6. The van der Waals surface area contributed by atoms with E-state index in [2.05, 4.69) is 9.93 Å². The first-order valence-electron chi connectivity index (χ1n) is 8.79. The van der Waals surface area contributed by atoms with E-state index in [9.17, 15) is 16.8 Å². The number of benzene rings is 3. The van der Waals surface area contributed by atoms with Crippen molar-refractivity contribution in [3.63, 3.8) is 0 Å². The van der Waals surface area contributed by atoms with E-state index in [1.54, 1.807) is 55.5 Å². The summed E-state index contributed by atoms with van der Waals surface area (Å²) in [5.41, 5.74) is 1.11. The molecule has 0 saturated carbocycles. The Bertz CT molecular complexity index is 1330. The summed E-state index contributed by atoms with van der Waals surface area (Å²) in [6.45, 7) is 1.66. The van der Waals surface area contributed by atoms with Crippen LogP contribution in [-0.2, 0) is 20.0 Å². The summed E-state index contributed by atoms with van der Waals surface area (Å²) < 4.78 is 49.4. The van der Waals surface area contributed by atoms with Crippen LogP contribution < -0.4 is 9.97 Å². The number of halogens is 1. The first-order valence-corrected chi connectivity index (χ1v) is 13.0. The molecule has 0 radical (unpaired) electrons. The van der Waals surface area contributed by atoms with E-state index in [1.165, 1.54) is 24.3 Å². The van der Waals surface area contributed by atoms with Crippen LogP contribution in [-0.4, -0.2) is 21.9 Å². The molecule has 31 heavy (non-hydrogen) atoms. The van der Waals surface area contributed by atoms with Crippen molar-refractivity contribution < 1.29 is 16.8 Å². The third-order valence-electron chi connectivity index (χ3n) is 4.08. The van der Waals surface area contributed by atoms with Crippen molar-refractivity contribution in [2.75, 3.05) is 0 Å². The van der Waals surface area contributed by atoms with Gasteiger partial charge >= 0.3 is 0 Å². The Kier molecular flexibility index (Phi) is 7.07. The van der Waals surface area contributed by atoms with Gasteiger partial charge in [-0.05, 0) is 36.8 Å². The number of hydrazone groups is 1. The van der Waals surface area contributed by atoms with Gasteiger partial charge in [-0.3, -0.25) is 0 Å². The summed E-state index contributed by atoms with van der Waals surface area (Å²) in [6, 6.07) is 19.3. The Balaban J connectivity index is 2.07. The van der Waals surface area contributed by atoms with Crippen LogP contribution in [0.15, 0.2) is 92.6 Å². The number of rotatable bonds is 6. The Morgan fingerprint density at radius 3 is 2.13 bits per heavy atom. The highest BCUT2D eigenvalue weighted by Crippen LogP contribution is 2.33. The smallest absolute Gasteiger partial charge is 0.225 e. The number of nitrogens with one attached hydrogen (secondary N) is 1. The molecule has 3 rings (SSSR count). The third-order valence-corrected chi connectivity index (χ3v) is 7.87. The highest BCUT2D eigenvalue weighted by atomic mass is 35.5. The molecule has 3 aromatic carbocycles. The molecule has 0 saturated heterocycles. The molecule has 0 unspecified atom stereocenters. The quantitative estimate of drug-likeness (QED) is 0.234. The minimum Gasteiger partial charge on any atom is -0.225 e. The molecule has 0 bridgehead atoms. The standard InChI is InChI=1S/C20H18ClN3O4S3/c1-14-12-19(30(22,25)26)18(13-17(14)21)29-20(15-8-4-2-5-9-15)23-24-31(27,28)16-10-6-3-7-11-16/h2-13,24H,1H3,(H2,22,25,26)/b23-20-. The van der Waals surface area contributed by atoms with E-state index in [0.717, 1.165) is 11.8 Å². The van der Waals surface area contributed by atoms with E-state index in [0.29, 0.717) is 16.1 Å². The van der Waals surface area contributed by atoms with Crippen molar-refractivity contribution in [3.05, 3.63) is 88.9 Å². The summed E-state index contributed by atoms with van der Waals surface area (Å²) in [5.74, 6) is 0. The Labute approximate surface area is 190 Å². The van der Waals surface area contributed by atoms with E-state index >= 15 is 0 Å². The van der Waals surface area contributed by atoms with Gasteiger partial charge in [-0.1, -0.05) is 71.9 Å². The summed E-state index contributed by atoms with van der Waals surface area (Å²) in [7, 11) is -7.99. The van der Waals surface area contributed by atoms with Crippen molar-refractivity contribution in [1.29, 1.82) is 0 Å². The Hall–Kier alpha value is -2.37. The summed E-state index contributed by atoms with van der Waals surface area (Å²) in [6.07, 6.45) is 0. The fourth-order valence-electron chi connectivity index (χ4n) is 2.52. The third kappa shape index (κ3) is 5.86. The highest BCUT2D eigenvalue weighted by molar-refractivity contribution is 8.14. The largest absolute Gasteiger partial charge is 0.276 e. The van der Waals surface area contributed by atoms with Crippen molar-refractivity contribution >= 4 is 48.5 Å². The van der Waals surface area contributed by atoms with Gasteiger partial charge in [-0.25, -0.2) is 13.6 Å². The molecule has 0 heterocycles. The molecule has 7 nitrogen and oxygen atoms in total. The zero-order valence-electron chi connectivity index (χ0n) is 16.2. The lowest BCUT2D eigenvalue weighted by molar-refractivity contribution is 0.584. The van der Waals surface area contributed by atoms with Gasteiger partial charge in [-0.15, -0.1) is 0 Å². The molecule has 0 aliphatic rings. The van der Waals surface area contributed by atoms with Crippen LogP contribution in [0.1, 0.15) is 11.1 Å². The maximum atomic E-state index is 12.6. The molecule has 3 aromatic rings. The lowest BCUT2D eigenvalue weighted by Crippen LogP contribution is -2.20. The molecule has 0 amide bonds. The summed E-state index contributed by atoms with van der Waals surface area (Å²) in [5, 5.41) is 10.0. The molecule has 11 heteroatoms. The minimum absolute atomic E-state index is 0.0415. The van der Waals surface area contributed by atoms with E-state index < -0.39 is 20.0 Å². The SMILES string of the molecule is Cc1cc(S(N)(=O)=O)c(S/C(=N\NS(=O)(=O)c2ccccc2)c2ccccc2)cc1Cl.